The lowest BCUT2D eigenvalue weighted by atomic mass is 9.92. The number of rotatable bonds is 10. The maximum absolute atomic E-state index is 14.5. The summed E-state index contributed by atoms with van der Waals surface area (Å²) in [5, 5.41) is 3.00. The lowest BCUT2D eigenvalue weighted by molar-refractivity contribution is -0.118. The van der Waals surface area contributed by atoms with Gasteiger partial charge in [0, 0.05) is 30.1 Å². The minimum Gasteiger partial charge on any atom is -0.383 e. The summed E-state index contributed by atoms with van der Waals surface area (Å²) in [6, 6.07) is 14.6. The van der Waals surface area contributed by atoms with Crippen molar-refractivity contribution in [2.45, 2.75) is 44.4 Å². The van der Waals surface area contributed by atoms with Crippen molar-refractivity contribution in [1.29, 1.82) is 0 Å². The number of pyridine rings is 1. The lowest BCUT2D eigenvalue weighted by Crippen LogP contribution is -2.28. The van der Waals surface area contributed by atoms with Crippen LogP contribution in [-0.4, -0.2) is 49.3 Å². The topological polar surface area (TPSA) is 83.6 Å². The zero-order chi connectivity index (χ0) is 26.6. The monoisotopic (exact) mass is 501 g/mol. The maximum Gasteiger partial charge on any atom is 0.235 e. The average molecular weight is 502 g/mol. The van der Waals surface area contributed by atoms with E-state index in [1.807, 2.05) is 43.5 Å². The number of amides is 1. The summed E-state index contributed by atoms with van der Waals surface area (Å²) in [5.74, 6) is -0.0397. The highest BCUT2D eigenvalue weighted by molar-refractivity contribution is 6.05. The number of hydrogen-bond acceptors (Lipinski definition) is 4. The Kier molecular flexibility index (Phi) is 8.03. The molecule has 1 aliphatic rings. The Bertz CT molecular complexity index is 1300. The number of unbranched alkanes of at least 4 members (excludes halogenated alkanes) is 1. The van der Waals surface area contributed by atoms with Crippen LogP contribution in [0.3, 0.4) is 0 Å². The molecule has 0 aliphatic heterocycles. The first-order valence-electron chi connectivity index (χ1n) is 12.8. The molecule has 1 heterocycles. The van der Waals surface area contributed by atoms with E-state index in [9.17, 15) is 9.18 Å². The molecule has 0 atom stereocenters. The van der Waals surface area contributed by atoms with E-state index in [4.69, 9.17) is 5.73 Å². The first-order valence-corrected chi connectivity index (χ1v) is 12.8. The summed E-state index contributed by atoms with van der Waals surface area (Å²) in [6.07, 6.45) is 6.00. The second-order valence-corrected chi connectivity index (χ2v) is 10.1. The van der Waals surface area contributed by atoms with Crippen molar-refractivity contribution in [3.05, 3.63) is 82.9 Å². The van der Waals surface area contributed by atoms with Crippen molar-refractivity contribution in [3.8, 4) is 11.1 Å². The van der Waals surface area contributed by atoms with Gasteiger partial charge in [0.15, 0.2) is 0 Å². The fraction of sp³-hybridized carbons (Fsp3) is 0.367. The Morgan fingerprint density at radius 1 is 1.14 bits per heavy atom. The van der Waals surface area contributed by atoms with Gasteiger partial charge in [0.05, 0.1) is 11.1 Å². The van der Waals surface area contributed by atoms with Gasteiger partial charge in [0.2, 0.25) is 5.91 Å². The Labute approximate surface area is 218 Å². The number of nitrogens with two attached hydrogens (primary N) is 1. The Hall–Kier alpha value is -3.58. The number of aliphatic imine (C=N–C) groups is 1. The van der Waals surface area contributed by atoms with E-state index in [-0.39, 0.29) is 11.7 Å². The summed E-state index contributed by atoms with van der Waals surface area (Å²) < 4.78 is 14.5. The number of benzene rings is 2. The molecule has 1 aromatic heterocycles. The smallest absolute Gasteiger partial charge is 0.235 e. The van der Waals surface area contributed by atoms with E-state index >= 15 is 0 Å². The van der Waals surface area contributed by atoms with Crippen LogP contribution < -0.4 is 11.1 Å². The molecule has 37 heavy (non-hydrogen) atoms. The fourth-order valence-corrected chi connectivity index (χ4v) is 4.79. The molecule has 194 valence electrons. The SMILES string of the molecule is CN=C(N)c1c(-c2ccc(NC(=O)C3(c4cc(C)ccc4F)CC3)cc2)ccnc1CCCCN(C)C. The van der Waals surface area contributed by atoms with E-state index in [0.717, 1.165) is 53.8 Å². The van der Waals surface area contributed by atoms with Crippen LogP contribution in [0.15, 0.2) is 59.7 Å². The van der Waals surface area contributed by atoms with Crippen LogP contribution in [0.25, 0.3) is 11.1 Å². The number of hydrogen-bond donors (Lipinski definition) is 2. The van der Waals surface area contributed by atoms with Gasteiger partial charge >= 0.3 is 0 Å². The molecule has 0 radical (unpaired) electrons. The van der Waals surface area contributed by atoms with Crippen LogP contribution in [0.5, 0.6) is 0 Å². The first-order chi connectivity index (χ1) is 17.7. The van der Waals surface area contributed by atoms with Gasteiger partial charge in [-0.25, -0.2) is 4.39 Å². The molecule has 3 N–H and O–H groups in total. The Balaban J connectivity index is 1.54. The second-order valence-electron chi connectivity index (χ2n) is 10.1. The van der Waals surface area contributed by atoms with Crippen LogP contribution in [0.4, 0.5) is 10.1 Å². The van der Waals surface area contributed by atoms with E-state index in [0.29, 0.717) is 29.9 Å². The van der Waals surface area contributed by atoms with Crippen molar-refractivity contribution in [2.75, 3.05) is 33.0 Å². The number of aryl methyl sites for hydroxylation is 2. The molecule has 6 nitrogen and oxygen atoms in total. The minimum absolute atomic E-state index is 0.170. The summed E-state index contributed by atoms with van der Waals surface area (Å²) >= 11 is 0. The fourth-order valence-electron chi connectivity index (χ4n) is 4.79. The van der Waals surface area contributed by atoms with Crippen LogP contribution in [0, 0.1) is 12.7 Å². The minimum atomic E-state index is -0.791. The molecule has 0 saturated heterocycles. The highest BCUT2D eigenvalue weighted by atomic mass is 19.1. The number of nitrogens with zero attached hydrogens (tertiary/aromatic N) is 3. The van der Waals surface area contributed by atoms with E-state index < -0.39 is 5.41 Å². The van der Waals surface area contributed by atoms with E-state index in [1.54, 1.807) is 19.2 Å². The Morgan fingerprint density at radius 3 is 2.51 bits per heavy atom. The maximum atomic E-state index is 14.5. The van der Waals surface area contributed by atoms with Gasteiger partial charge in [0.25, 0.3) is 0 Å². The standard InChI is InChI=1S/C30H36FN5O/c1-20-8-13-25(31)24(19-20)30(15-16-30)29(37)35-22-11-9-21(10-12-22)23-14-17-34-26(27(23)28(32)33-2)7-5-6-18-36(3)4/h8-14,17,19H,5-7,15-16,18H2,1-4H3,(H2,32,33)(H,35,37). The molecule has 1 amide bonds. The molecule has 2 aromatic carbocycles. The number of nitrogens with one attached hydrogen (secondary N) is 1. The van der Waals surface area contributed by atoms with Crippen molar-refractivity contribution in [2.24, 2.45) is 10.7 Å². The number of anilines is 1. The number of carbonyl (C=O) groups is 1. The van der Waals surface area contributed by atoms with Gasteiger partial charge in [-0.15, -0.1) is 0 Å². The van der Waals surface area contributed by atoms with Crippen LogP contribution in [-0.2, 0) is 16.6 Å². The van der Waals surface area contributed by atoms with E-state index in [1.165, 1.54) is 6.07 Å². The molecule has 0 unspecified atom stereocenters. The number of aromatic nitrogens is 1. The summed E-state index contributed by atoms with van der Waals surface area (Å²) in [5.41, 5.74) is 11.4. The third kappa shape index (κ3) is 5.88. The van der Waals surface area contributed by atoms with E-state index in [2.05, 4.69) is 34.3 Å². The first kappa shape index (κ1) is 26.5. The largest absolute Gasteiger partial charge is 0.383 e. The lowest BCUT2D eigenvalue weighted by Gasteiger charge is -2.18. The van der Waals surface area contributed by atoms with Crippen LogP contribution in [0.1, 0.15) is 48.1 Å². The predicted octanol–water partition coefficient (Wildman–Crippen LogP) is 5.09. The van der Waals surface area contributed by atoms with Gasteiger partial charge in [-0.1, -0.05) is 29.8 Å². The zero-order valence-electron chi connectivity index (χ0n) is 22.1. The van der Waals surface area contributed by atoms with Gasteiger partial charge < -0.3 is 16.0 Å². The zero-order valence-corrected chi connectivity index (χ0v) is 22.1. The van der Waals surface area contributed by atoms with Crippen molar-refractivity contribution in [3.63, 3.8) is 0 Å². The molecule has 4 rings (SSSR count). The molecule has 7 heteroatoms. The molecular formula is C30H36FN5O. The van der Waals surface area contributed by atoms with Crippen molar-refractivity contribution < 1.29 is 9.18 Å². The molecular weight excluding hydrogens is 465 g/mol. The molecule has 0 spiro atoms. The molecule has 1 fully saturated rings. The van der Waals surface area contributed by atoms with Crippen molar-refractivity contribution in [1.82, 2.24) is 9.88 Å². The van der Waals surface area contributed by atoms with Crippen molar-refractivity contribution >= 4 is 17.4 Å². The average Bonchev–Trinajstić information content (AvgIpc) is 3.70. The second kappa shape index (κ2) is 11.2. The van der Waals surface area contributed by atoms with Gasteiger partial charge in [0.1, 0.15) is 11.7 Å². The van der Waals surface area contributed by atoms with Gasteiger partial charge in [-0.05, 0) is 95.1 Å². The van der Waals surface area contributed by atoms with Gasteiger partial charge in [-0.3, -0.25) is 14.8 Å². The third-order valence-electron chi connectivity index (χ3n) is 7.07. The summed E-state index contributed by atoms with van der Waals surface area (Å²) in [4.78, 5) is 24.2. The quantitative estimate of drug-likeness (QED) is 0.230. The summed E-state index contributed by atoms with van der Waals surface area (Å²) in [7, 11) is 5.83. The Morgan fingerprint density at radius 2 is 1.86 bits per heavy atom. The molecule has 0 bridgehead atoms. The molecule has 1 aliphatic carbocycles. The predicted molar refractivity (Wildman–Crippen MR) is 148 cm³/mol. The molecule has 3 aromatic rings. The van der Waals surface area contributed by atoms with Crippen LogP contribution in [0.2, 0.25) is 0 Å². The highest BCUT2D eigenvalue weighted by Gasteiger charge is 2.52. The third-order valence-corrected chi connectivity index (χ3v) is 7.07. The number of carbonyl (C=O) groups excluding carboxylic acids is 1. The summed E-state index contributed by atoms with van der Waals surface area (Å²) in [6.45, 7) is 2.94. The van der Waals surface area contributed by atoms with Crippen LogP contribution >= 0.6 is 0 Å². The highest BCUT2D eigenvalue weighted by Crippen LogP contribution is 2.50. The number of halogens is 1. The number of amidine groups is 1. The normalized spacial score (nSPS) is 14.6. The van der Waals surface area contributed by atoms with Gasteiger partial charge in [-0.2, -0.15) is 0 Å². The molecule has 1 saturated carbocycles.